The lowest BCUT2D eigenvalue weighted by Gasteiger charge is -2.12. The van der Waals surface area contributed by atoms with Gasteiger partial charge in [0.2, 0.25) is 10.0 Å². The smallest absolute Gasteiger partial charge is 0.238 e. The van der Waals surface area contributed by atoms with E-state index in [1.54, 1.807) is 19.2 Å². The standard InChI is InChI=1S/C17H21ClN4O2S.HI/c1-20-17(21-10-9-13-5-7-15(18)8-6-13)22-12-14-3-2-4-16(11-14)25(19,23)24;/h2-8,11H,9-10,12H2,1H3,(H2,19,23,24)(H2,20,21,22);1H. The van der Waals surface area contributed by atoms with Gasteiger partial charge >= 0.3 is 0 Å². The Hall–Kier alpha value is -1.36. The number of nitrogens with two attached hydrogens (primary N) is 1. The molecule has 2 aromatic rings. The number of hydrogen-bond donors (Lipinski definition) is 3. The second-order valence-electron chi connectivity index (χ2n) is 5.42. The molecular weight excluding hydrogens is 487 g/mol. The van der Waals surface area contributed by atoms with E-state index in [-0.39, 0.29) is 28.9 Å². The lowest BCUT2D eigenvalue weighted by molar-refractivity contribution is 0.597. The zero-order chi connectivity index (χ0) is 18.3. The average Bonchev–Trinajstić information content (AvgIpc) is 2.59. The van der Waals surface area contributed by atoms with Crippen molar-refractivity contribution >= 4 is 51.6 Å². The number of hydrogen-bond acceptors (Lipinski definition) is 3. The summed E-state index contributed by atoms with van der Waals surface area (Å²) in [6.45, 7) is 1.14. The summed E-state index contributed by atoms with van der Waals surface area (Å²) >= 11 is 5.87. The zero-order valence-electron chi connectivity index (χ0n) is 14.3. The van der Waals surface area contributed by atoms with Crippen LogP contribution in [0.15, 0.2) is 58.4 Å². The Bertz CT molecular complexity index is 842. The molecule has 0 unspecified atom stereocenters. The van der Waals surface area contributed by atoms with Crippen molar-refractivity contribution in [3.63, 3.8) is 0 Å². The molecule has 0 amide bonds. The van der Waals surface area contributed by atoms with Gasteiger partial charge in [-0.3, -0.25) is 4.99 Å². The minimum atomic E-state index is -3.70. The van der Waals surface area contributed by atoms with E-state index in [2.05, 4.69) is 15.6 Å². The number of rotatable bonds is 6. The topological polar surface area (TPSA) is 96.6 Å². The zero-order valence-corrected chi connectivity index (χ0v) is 18.2. The van der Waals surface area contributed by atoms with E-state index < -0.39 is 10.0 Å². The van der Waals surface area contributed by atoms with Gasteiger partial charge in [0.1, 0.15) is 0 Å². The van der Waals surface area contributed by atoms with Crippen LogP contribution in [0.2, 0.25) is 5.02 Å². The minimum absolute atomic E-state index is 0. The maximum Gasteiger partial charge on any atom is 0.238 e. The Morgan fingerprint density at radius 3 is 2.42 bits per heavy atom. The summed E-state index contributed by atoms with van der Waals surface area (Å²) in [6, 6.07) is 14.2. The molecule has 0 radical (unpaired) electrons. The summed E-state index contributed by atoms with van der Waals surface area (Å²) in [7, 11) is -2.02. The lowest BCUT2D eigenvalue weighted by atomic mass is 10.1. The number of primary sulfonamides is 1. The number of nitrogens with one attached hydrogen (secondary N) is 2. The lowest BCUT2D eigenvalue weighted by Crippen LogP contribution is -2.37. The van der Waals surface area contributed by atoms with Gasteiger partial charge in [0, 0.05) is 25.2 Å². The Labute approximate surface area is 176 Å². The first-order chi connectivity index (χ1) is 11.9. The first-order valence-electron chi connectivity index (χ1n) is 7.69. The van der Waals surface area contributed by atoms with Gasteiger partial charge in [-0.05, 0) is 41.8 Å². The minimum Gasteiger partial charge on any atom is -0.356 e. The van der Waals surface area contributed by atoms with Crippen molar-refractivity contribution in [3.8, 4) is 0 Å². The van der Waals surface area contributed by atoms with E-state index >= 15 is 0 Å². The van der Waals surface area contributed by atoms with E-state index in [9.17, 15) is 8.42 Å². The SMILES string of the molecule is CN=C(NCCc1ccc(Cl)cc1)NCc1cccc(S(N)(=O)=O)c1.I. The number of benzene rings is 2. The number of sulfonamides is 1. The number of nitrogens with zero attached hydrogens (tertiary/aromatic N) is 1. The van der Waals surface area contributed by atoms with Gasteiger partial charge in [-0.25, -0.2) is 13.6 Å². The van der Waals surface area contributed by atoms with Crippen molar-refractivity contribution in [1.82, 2.24) is 10.6 Å². The first kappa shape index (κ1) is 22.7. The molecule has 0 saturated heterocycles. The quantitative estimate of drug-likeness (QED) is 0.317. The molecule has 0 atom stereocenters. The molecule has 0 spiro atoms. The fourth-order valence-electron chi connectivity index (χ4n) is 2.22. The summed E-state index contributed by atoms with van der Waals surface area (Å²) in [4.78, 5) is 4.24. The summed E-state index contributed by atoms with van der Waals surface area (Å²) in [5.41, 5.74) is 1.97. The van der Waals surface area contributed by atoms with Gasteiger partial charge in [-0.15, -0.1) is 24.0 Å². The third kappa shape index (κ3) is 7.48. The van der Waals surface area contributed by atoms with Crippen LogP contribution < -0.4 is 15.8 Å². The van der Waals surface area contributed by atoms with Crippen LogP contribution in [0.25, 0.3) is 0 Å². The maximum absolute atomic E-state index is 11.4. The number of guanidine groups is 1. The number of halogens is 2. The molecule has 0 aliphatic carbocycles. The van der Waals surface area contributed by atoms with Crippen LogP contribution in [0.3, 0.4) is 0 Å². The molecule has 0 aliphatic rings. The van der Waals surface area contributed by atoms with Gasteiger partial charge in [-0.1, -0.05) is 35.9 Å². The highest BCUT2D eigenvalue weighted by atomic mass is 127. The molecule has 9 heteroatoms. The summed E-state index contributed by atoms with van der Waals surface area (Å²) < 4.78 is 22.8. The molecule has 6 nitrogen and oxygen atoms in total. The molecule has 0 heterocycles. The Morgan fingerprint density at radius 2 is 1.81 bits per heavy atom. The third-order valence-corrected chi connectivity index (χ3v) is 4.69. The molecule has 0 aromatic heterocycles. The molecule has 26 heavy (non-hydrogen) atoms. The monoisotopic (exact) mass is 508 g/mol. The van der Waals surface area contributed by atoms with Crippen LogP contribution in [0.4, 0.5) is 0 Å². The Kier molecular flexibility index (Phi) is 9.34. The third-order valence-electron chi connectivity index (χ3n) is 3.53. The fraction of sp³-hybridized carbons (Fsp3) is 0.235. The molecule has 142 valence electrons. The van der Waals surface area contributed by atoms with E-state index in [4.69, 9.17) is 16.7 Å². The van der Waals surface area contributed by atoms with E-state index in [0.29, 0.717) is 19.0 Å². The van der Waals surface area contributed by atoms with Crippen LogP contribution in [0.1, 0.15) is 11.1 Å². The summed E-state index contributed by atoms with van der Waals surface area (Å²) in [5.74, 6) is 0.634. The van der Waals surface area contributed by atoms with E-state index in [1.165, 1.54) is 11.6 Å². The second kappa shape index (κ2) is 10.7. The molecule has 2 aromatic carbocycles. The van der Waals surface area contributed by atoms with Gasteiger partial charge in [0.25, 0.3) is 0 Å². The summed E-state index contributed by atoms with van der Waals surface area (Å²) in [5, 5.41) is 12.2. The molecule has 0 saturated carbocycles. The predicted octanol–water partition coefficient (Wildman–Crippen LogP) is 2.51. The highest BCUT2D eigenvalue weighted by Gasteiger charge is 2.08. The van der Waals surface area contributed by atoms with E-state index in [0.717, 1.165) is 17.0 Å². The van der Waals surface area contributed by atoms with Crippen molar-refractivity contribution in [3.05, 3.63) is 64.7 Å². The highest BCUT2D eigenvalue weighted by molar-refractivity contribution is 14.0. The largest absolute Gasteiger partial charge is 0.356 e. The van der Waals surface area contributed by atoms with Crippen molar-refractivity contribution in [2.45, 2.75) is 17.9 Å². The molecule has 2 rings (SSSR count). The van der Waals surface area contributed by atoms with Gasteiger partial charge in [0.05, 0.1) is 4.90 Å². The maximum atomic E-state index is 11.4. The van der Waals surface area contributed by atoms with Crippen LogP contribution in [-0.2, 0) is 23.0 Å². The van der Waals surface area contributed by atoms with Crippen molar-refractivity contribution in [1.29, 1.82) is 0 Å². The van der Waals surface area contributed by atoms with Gasteiger partial charge < -0.3 is 10.6 Å². The Morgan fingerprint density at radius 1 is 1.12 bits per heavy atom. The van der Waals surface area contributed by atoms with Crippen LogP contribution in [-0.4, -0.2) is 28.0 Å². The predicted molar refractivity (Wildman–Crippen MR) is 117 cm³/mol. The summed E-state index contributed by atoms with van der Waals surface area (Å²) in [6.07, 6.45) is 0.832. The Balaban J connectivity index is 0.00000338. The van der Waals surface area contributed by atoms with Crippen molar-refractivity contribution < 1.29 is 8.42 Å². The highest BCUT2D eigenvalue weighted by Crippen LogP contribution is 2.10. The van der Waals surface area contributed by atoms with Crippen LogP contribution in [0, 0.1) is 0 Å². The van der Waals surface area contributed by atoms with Crippen molar-refractivity contribution in [2.24, 2.45) is 10.1 Å². The van der Waals surface area contributed by atoms with Crippen LogP contribution >= 0.6 is 35.6 Å². The van der Waals surface area contributed by atoms with Crippen LogP contribution in [0.5, 0.6) is 0 Å². The van der Waals surface area contributed by atoms with Gasteiger partial charge in [0.15, 0.2) is 5.96 Å². The second-order valence-corrected chi connectivity index (χ2v) is 7.42. The first-order valence-corrected chi connectivity index (χ1v) is 9.61. The average molecular weight is 509 g/mol. The molecule has 0 bridgehead atoms. The van der Waals surface area contributed by atoms with Gasteiger partial charge in [-0.2, -0.15) is 0 Å². The number of aliphatic imine (C=N–C) groups is 1. The molecule has 0 fully saturated rings. The fourth-order valence-corrected chi connectivity index (χ4v) is 2.93. The molecule has 0 aliphatic heterocycles. The van der Waals surface area contributed by atoms with E-state index in [1.807, 2.05) is 30.3 Å². The van der Waals surface area contributed by atoms with Crippen molar-refractivity contribution in [2.75, 3.05) is 13.6 Å². The molecule has 4 N–H and O–H groups in total. The molecular formula is C17H22ClIN4O2S. The normalized spacial score (nSPS) is 11.6.